The van der Waals surface area contributed by atoms with Crippen molar-refractivity contribution < 1.29 is 16.9 Å². The Balaban J connectivity index is -0.000000605. The normalized spacial score (nSPS) is 13.2. The summed E-state index contributed by atoms with van der Waals surface area (Å²) in [4.78, 5) is 4.41. The molecule has 0 aliphatic rings. The fraction of sp³-hybridized carbons (Fsp3) is 0.900. The van der Waals surface area contributed by atoms with Crippen molar-refractivity contribution >= 4 is 18.6 Å². The largest absolute Gasteiger partial charge is 1.00 e. The molecule has 1 atom stereocenters. The van der Waals surface area contributed by atoms with Gasteiger partial charge in [-0.15, -0.1) is 12.4 Å². The van der Waals surface area contributed by atoms with Gasteiger partial charge in [0.05, 0.1) is 33.7 Å². The lowest BCUT2D eigenvalue weighted by molar-refractivity contribution is -0.870. The van der Waals surface area contributed by atoms with Crippen LogP contribution in [0.4, 0.5) is 0 Å². The van der Waals surface area contributed by atoms with Crippen LogP contribution in [0.5, 0.6) is 0 Å². The topological polar surface area (TPSA) is 12.4 Å². The van der Waals surface area contributed by atoms with Gasteiger partial charge in [0, 0.05) is 6.42 Å². The molecule has 0 fully saturated rings. The molecule has 4 heteroatoms. The molecule has 0 saturated carbocycles. The predicted octanol–water partition coefficient (Wildman–Crippen LogP) is -0.622. The fourth-order valence-corrected chi connectivity index (χ4v) is 0.934. The van der Waals surface area contributed by atoms with Crippen LogP contribution in [0.15, 0.2) is 4.99 Å². The number of hydrogen-bond acceptors (Lipinski definition) is 1. The molecular formula is C10H24Cl2N2. The number of rotatable bonds is 5. The number of nitrogens with zero attached hydrogens (tertiary/aromatic N) is 2. The molecule has 0 saturated heterocycles. The van der Waals surface area contributed by atoms with Crippen LogP contribution in [-0.4, -0.2) is 44.4 Å². The Bertz CT molecular complexity index is 142. The van der Waals surface area contributed by atoms with Gasteiger partial charge in [-0.25, -0.2) is 0 Å². The molecule has 0 heterocycles. The van der Waals surface area contributed by atoms with Crippen molar-refractivity contribution in [2.24, 2.45) is 4.99 Å². The van der Waals surface area contributed by atoms with Gasteiger partial charge in [-0.05, 0) is 19.6 Å². The molecule has 0 rings (SSSR count). The summed E-state index contributed by atoms with van der Waals surface area (Å²) in [6, 6.07) is 0.488. The molecule has 14 heavy (non-hydrogen) atoms. The second kappa shape index (κ2) is 9.75. The lowest BCUT2D eigenvalue weighted by Crippen LogP contribution is -3.00. The van der Waals surface area contributed by atoms with E-state index in [0.717, 1.165) is 10.9 Å². The Labute approximate surface area is 101 Å². The second-order valence-electron chi connectivity index (χ2n) is 4.39. The van der Waals surface area contributed by atoms with Crippen LogP contribution in [0.1, 0.15) is 26.7 Å². The van der Waals surface area contributed by atoms with Crippen molar-refractivity contribution in [1.29, 1.82) is 0 Å². The summed E-state index contributed by atoms with van der Waals surface area (Å²) in [6.45, 7) is 5.50. The van der Waals surface area contributed by atoms with E-state index in [1.54, 1.807) is 0 Å². The summed E-state index contributed by atoms with van der Waals surface area (Å²) in [5.41, 5.74) is 0. The number of hydrogen-bond donors (Lipinski definition) is 0. The zero-order valence-electron chi connectivity index (χ0n) is 9.96. The molecule has 0 bridgehead atoms. The van der Waals surface area contributed by atoms with Crippen molar-refractivity contribution in [3.05, 3.63) is 0 Å². The zero-order chi connectivity index (χ0) is 9.61. The molecule has 0 amide bonds. The van der Waals surface area contributed by atoms with Crippen LogP contribution in [0, 0.1) is 0 Å². The maximum Gasteiger partial charge on any atom is 0.0801 e. The summed E-state index contributed by atoms with van der Waals surface area (Å²) >= 11 is 0. The minimum Gasteiger partial charge on any atom is -1.00 e. The summed E-state index contributed by atoms with van der Waals surface area (Å²) in [6.07, 6.45) is 4.25. The quantitative estimate of drug-likeness (QED) is 0.451. The molecule has 0 aromatic rings. The van der Waals surface area contributed by atoms with Gasteiger partial charge in [0.2, 0.25) is 0 Å². The highest BCUT2D eigenvalue weighted by Crippen LogP contribution is 2.01. The average molecular weight is 243 g/mol. The van der Waals surface area contributed by atoms with E-state index in [0.29, 0.717) is 6.04 Å². The molecule has 0 aliphatic heterocycles. The maximum absolute atomic E-state index is 4.41. The van der Waals surface area contributed by atoms with Gasteiger partial charge in [0.1, 0.15) is 0 Å². The summed E-state index contributed by atoms with van der Waals surface area (Å²) in [5.74, 6) is 0. The van der Waals surface area contributed by atoms with Crippen LogP contribution >= 0.6 is 12.4 Å². The average Bonchev–Trinajstić information content (AvgIpc) is 1.95. The molecule has 0 aliphatic carbocycles. The monoisotopic (exact) mass is 242 g/mol. The molecule has 0 radical (unpaired) electrons. The first-order chi connectivity index (χ1) is 5.45. The van der Waals surface area contributed by atoms with E-state index < -0.39 is 0 Å². The van der Waals surface area contributed by atoms with Crippen molar-refractivity contribution in [2.45, 2.75) is 32.7 Å². The van der Waals surface area contributed by atoms with Gasteiger partial charge in [0.25, 0.3) is 0 Å². The van der Waals surface area contributed by atoms with Crippen molar-refractivity contribution in [1.82, 2.24) is 0 Å². The molecule has 0 N–H and O–H groups in total. The lowest BCUT2D eigenvalue weighted by atomic mass is 10.2. The SMILES string of the molecule is CCC=NC(C)CC[N+](C)(C)C.Cl.[Cl-]. The minimum absolute atomic E-state index is 0. The Hall–Kier alpha value is 0.210. The molecule has 2 nitrogen and oxygen atoms in total. The molecule has 1 unspecified atom stereocenters. The third-order valence-corrected chi connectivity index (χ3v) is 1.76. The van der Waals surface area contributed by atoms with Crippen LogP contribution in [-0.2, 0) is 0 Å². The van der Waals surface area contributed by atoms with E-state index >= 15 is 0 Å². The van der Waals surface area contributed by atoms with Gasteiger partial charge < -0.3 is 16.9 Å². The van der Waals surface area contributed by atoms with Crippen molar-refractivity contribution in [3.8, 4) is 0 Å². The van der Waals surface area contributed by atoms with Gasteiger partial charge >= 0.3 is 0 Å². The highest BCUT2D eigenvalue weighted by Gasteiger charge is 2.08. The second-order valence-corrected chi connectivity index (χ2v) is 4.39. The highest BCUT2D eigenvalue weighted by molar-refractivity contribution is 5.85. The Morgan fingerprint density at radius 3 is 2.14 bits per heavy atom. The maximum atomic E-state index is 4.41. The van der Waals surface area contributed by atoms with E-state index in [4.69, 9.17) is 0 Å². The third-order valence-electron chi connectivity index (χ3n) is 1.76. The number of halogens is 2. The smallest absolute Gasteiger partial charge is 0.0801 e. The van der Waals surface area contributed by atoms with E-state index in [9.17, 15) is 0 Å². The highest BCUT2D eigenvalue weighted by atomic mass is 35.5. The summed E-state index contributed by atoms with van der Waals surface area (Å²) < 4.78 is 1.03. The van der Waals surface area contributed by atoms with Gasteiger partial charge in [-0.1, -0.05) is 6.92 Å². The van der Waals surface area contributed by atoms with Crippen LogP contribution in [0.25, 0.3) is 0 Å². The first kappa shape index (κ1) is 19.7. The Morgan fingerprint density at radius 2 is 1.79 bits per heavy atom. The van der Waals surface area contributed by atoms with Crippen LogP contribution < -0.4 is 12.4 Å². The molecule has 0 aromatic carbocycles. The Morgan fingerprint density at radius 1 is 1.29 bits per heavy atom. The Kier molecular flexibility index (Phi) is 13.7. The van der Waals surface area contributed by atoms with Gasteiger partial charge in [-0.2, -0.15) is 0 Å². The first-order valence-electron chi connectivity index (χ1n) is 4.78. The number of quaternary nitrogens is 1. The van der Waals surface area contributed by atoms with E-state index in [1.165, 1.54) is 13.0 Å². The summed E-state index contributed by atoms with van der Waals surface area (Å²) in [5, 5.41) is 0. The predicted molar refractivity (Wildman–Crippen MR) is 63.0 cm³/mol. The standard InChI is InChI=1S/C10H23N2.2ClH/c1-6-8-11-10(2)7-9-12(3,4)5;;/h8,10H,6-7,9H2,1-5H3;2*1H/q+1;;/p-1. The molecular weight excluding hydrogens is 219 g/mol. The fourth-order valence-electron chi connectivity index (χ4n) is 0.934. The zero-order valence-corrected chi connectivity index (χ0v) is 11.5. The van der Waals surface area contributed by atoms with E-state index in [1.807, 2.05) is 6.21 Å². The van der Waals surface area contributed by atoms with Gasteiger partial charge in [-0.3, -0.25) is 4.99 Å². The van der Waals surface area contributed by atoms with E-state index in [-0.39, 0.29) is 24.8 Å². The minimum atomic E-state index is 0. The molecule has 0 aromatic heterocycles. The first-order valence-corrected chi connectivity index (χ1v) is 4.78. The van der Waals surface area contributed by atoms with Crippen molar-refractivity contribution in [3.63, 3.8) is 0 Å². The number of aliphatic imine (C=N–C) groups is 1. The van der Waals surface area contributed by atoms with Crippen molar-refractivity contribution in [2.75, 3.05) is 27.7 Å². The van der Waals surface area contributed by atoms with Crippen LogP contribution in [0.2, 0.25) is 0 Å². The third kappa shape index (κ3) is 14.7. The van der Waals surface area contributed by atoms with Gasteiger partial charge in [0.15, 0.2) is 0 Å². The lowest BCUT2D eigenvalue weighted by Gasteiger charge is -2.24. The molecule has 88 valence electrons. The van der Waals surface area contributed by atoms with Crippen LogP contribution in [0.3, 0.4) is 0 Å². The van der Waals surface area contributed by atoms with E-state index in [2.05, 4.69) is 40.0 Å². The molecule has 0 spiro atoms. The summed E-state index contributed by atoms with van der Waals surface area (Å²) in [7, 11) is 6.66.